The van der Waals surface area contributed by atoms with Gasteiger partial charge < -0.3 is 14.8 Å². The zero-order valence-electron chi connectivity index (χ0n) is 13.0. The molecule has 8 heteroatoms. The van der Waals surface area contributed by atoms with Crippen LogP contribution in [0.2, 0.25) is 0 Å². The van der Waals surface area contributed by atoms with Gasteiger partial charge in [0, 0.05) is 0 Å². The molecule has 0 heterocycles. The molecule has 0 saturated carbocycles. The van der Waals surface area contributed by atoms with E-state index in [4.69, 9.17) is 9.47 Å². The molecule has 128 valence electrons. The molecule has 0 unspecified atom stereocenters. The number of nitrogens with one attached hydrogen (secondary N) is 1. The van der Waals surface area contributed by atoms with E-state index in [2.05, 4.69) is 0 Å². The molecular weight excluding hydrogens is 315 g/mol. The quantitative estimate of drug-likeness (QED) is 0.811. The van der Waals surface area contributed by atoms with Gasteiger partial charge in [-0.2, -0.15) is 13.2 Å². The van der Waals surface area contributed by atoms with Crippen molar-refractivity contribution in [1.82, 2.24) is 5.32 Å². The number of ether oxygens (including phenoxy) is 2. The molecule has 0 fully saturated rings. The molecule has 1 aromatic carbocycles. The number of hydrogen-bond donors (Lipinski definition) is 1. The van der Waals surface area contributed by atoms with Gasteiger partial charge in [0.25, 0.3) is 5.91 Å². The minimum atomic E-state index is -4.52. The van der Waals surface area contributed by atoms with Crippen LogP contribution in [0.3, 0.4) is 0 Å². The van der Waals surface area contributed by atoms with Crippen LogP contribution in [-0.2, 0) is 14.3 Å². The van der Waals surface area contributed by atoms with Crippen LogP contribution in [0.1, 0.15) is 18.1 Å². The highest BCUT2D eigenvalue weighted by atomic mass is 19.4. The molecule has 0 spiro atoms. The molecule has 1 amide bonds. The Balaban J connectivity index is 2.40. The Labute approximate surface area is 131 Å². The normalized spacial score (nSPS) is 12.4. The summed E-state index contributed by atoms with van der Waals surface area (Å²) in [6, 6.07) is 5.24. The van der Waals surface area contributed by atoms with Crippen molar-refractivity contribution in [1.29, 1.82) is 0 Å². The van der Waals surface area contributed by atoms with Gasteiger partial charge in [0.1, 0.15) is 12.3 Å². The van der Waals surface area contributed by atoms with Crippen molar-refractivity contribution >= 4 is 11.9 Å². The van der Waals surface area contributed by atoms with Gasteiger partial charge in [-0.25, -0.2) is 4.79 Å². The summed E-state index contributed by atoms with van der Waals surface area (Å²) >= 11 is 0. The van der Waals surface area contributed by atoms with Crippen LogP contribution < -0.4 is 10.1 Å². The first kappa shape index (κ1) is 18.8. The summed E-state index contributed by atoms with van der Waals surface area (Å²) in [5, 5.41) is 1.63. The van der Waals surface area contributed by atoms with E-state index in [0.717, 1.165) is 11.1 Å². The van der Waals surface area contributed by atoms with E-state index >= 15 is 0 Å². The lowest BCUT2D eigenvalue weighted by Crippen LogP contribution is -2.41. The third-order valence-electron chi connectivity index (χ3n) is 2.98. The van der Waals surface area contributed by atoms with Crippen molar-refractivity contribution in [3.63, 3.8) is 0 Å². The maximum Gasteiger partial charge on any atom is 0.405 e. The lowest BCUT2D eigenvalue weighted by Gasteiger charge is -2.15. The number of halogens is 3. The molecule has 0 aromatic heterocycles. The highest BCUT2D eigenvalue weighted by Crippen LogP contribution is 2.16. The lowest BCUT2D eigenvalue weighted by atomic mass is 10.1. The average Bonchev–Trinajstić information content (AvgIpc) is 2.45. The molecule has 0 saturated heterocycles. The van der Waals surface area contributed by atoms with E-state index < -0.39 is 37.3 Å². The van der Waals surface area contributed by atoms with Crippen LogP contribution in [0.15, 0.2) is 18.2 Å². The van der Waals surface area contributed by atoms with Crippen molar-refractivity contribution in [2.45, 2.75) is 33.1 Å². The predicted octanol–water partition coefficient (Wildman–Crippen LogP) is 2.29. The molecule has 5 nitrogen and oxygen atoms in total. The van der Waals surface area contributed by atoms with Gasteiger partial charge in [-0.05, 0) is 44.0 Å². The Hall–Kier alpha value is -2.25. The summed E-state index contributed by atoms with van der Waals surface area (Å²) in [6.45, 7) is 3.06. The van der Waals surface area contributed by atoms with E-state index in [1.807, 2.05) is 19.9 Å². The van der Waals surface area contributed by atoms with Crippen molar-refractivity contribution in [3.05, 3.63) is 29.3 Å². The van der Waals surface area contributed by atoms with Crippen LogP contribution >= 0.6 is 0 Å². The third kappa shape index (κ3) is 7.03. The second-order valence-electron chi connectivity index (χ2n) is 5.00. The van der Waals surface area contributed by atoms with E-state index in [1.54, 1.807) is 17.4 Å². The van der Waals surface area contributed by atoms with Crippen molar-refractivity contribution in [3.8, 4) is 5.75 Å². The van der Waals surface area contributed by atoms with Crippen molar-refractivity contribution in [2.24, 2.45) is 0 Å². The Kier molecular flexibility index (Phi) is 6.41. The van der Waals surface area contributed by atoms with E-state index in [1.165, 1.54) is 6.92 Å². The van der Waals surface area contributed by atoms with Crippen molar-refractivity contribution in [2.75, 3.05) is 13.2 Å². The van der Waals surface area contributed by atoms with Crippen molar-refractivity contribution < 1.29 is 32.2 Å². The molecule has 1 rings (SSSR count). The van der Waals surface area contributed by atoms with Gasteiger partial charge in [-0.1, -0.05) is 6.07 Å². The Morgan fingerprint density at radius 2 is 1.87 bits per heavy atom. The summed E-state index contributed by atoms with van der Waals surface area (Å²) < 4.78 is 45.8. The summed E-state index contributed by atoms with van der Waals surface area (Å²) in [5.74, 6) is -1.42. The molecule has 1 N–H and O–H groups in total. The summed E-state index contributed by atoms with van der Waals surface area (Å²) in [4.78, 5) is 22.9. The van der Waals surface area contributed by atoms with E-state index in [-0.39, 0.29) is 0 Å². The molecular formula is C15H18F3NO4. The highest BCUT2D eigenvalue weighted by Gasteiger charge is 2.29. The average molecular weight is 333 g/mol. The van der Waals surface area contributed by atoms with Gasteiger partial charge in [0.05, 0.1) is 0 Å². The minimum absolute atomic E-state index is 0.445. The fourth-order valence-electron chi connectivity index (χ4n) is 1.56. The third-order valence-corrected chi connectivity index (χ3v) is 2.98. The molecule has 1 atom stereocenters. The topological polar surface area (TPSA) is 64.6 Å². The fourth-order valence-corrected chi connectivity index (χ4v) is 1.56. The summed E-state index contributed by atoms with van der Waals surface area (Å²) in [7, 11) is 0. The smallest absolute Gasteiger partial charge is 0.405 e. The summed E-state index contributed by atoms with van der Waals surface area (Å²) in [5.41, 5.74) is 2.05. The lowest BCUT2D eigenvalue weighted by molar-refractivity contribution is -0.159. The standard InChI is InChI=1S/C15H18F3NO4/c1-9-4-5-12(6-10(9)2)22-7-13(20)23-11(3)14(21)19-8-15(16,17)18/h4-6,11H,7-8H2,1-3H3,(H,19,21)/t11-/m1/s1. The Morgan fingerprint density at radius 3 is 2.43 bits per heavy atom. The summed E-state index contributed by atoms with van der Waals surface area (Å²) in [6.07, 6.45) is -5.86. The second-order valence-corrected chi connectivity index (χ2v) is 5.00. The molecule has 0 radical (unpaired) electrons. The fraction of sp³-hybridized carbons (Fsp3) is 0.467. The first-order valence-corrected chi connectivity index (χ1v) is 6.82. The van der Waals surface area contributed by atoms with Gasteiger partial charge in [0.15, 0.2) is 12.7 Å². The van der Waals surface area contributed by atoms with E-state index in [0.29, 0.717) is 5.75 Å². The molecule has 0 bridgehead atoms. The number of rotatable bonds is 6. The molecule has 23 heavy (non-hydrogen) atoms. The van der Waals surface area contributed by atoms with Gasteiger partial charge >= 0.3 is 12.1 Å². The van der Waals surface area contributed by atoms with Gasteiger partial charge in [0.2, 0.25) is 0 Å². The largest absolute Gasteiger partial charge is 0.482 e. The number of benzene rings is 1. The number of carbonyl (C=O) groups excluding carboxylic acids is 2. The number of carbonyl (C=O) groups is 2. The van der Waals surface area contributed by atoms with Gasteiger partial charge in [-0.15, -0.1) is 0 Å². The second kappa shape index (κ2) is 7.85. The predicted molar refractivity (Wildman–Crippen MR) is 76.0 cm³/mol. The molecule has 0 aliphatic rings. The van der Waals surface area contributed by atoms with Crippen LogP contribution in [0, 0.1) is 13.8 Å². The van der Waals surface area contributed by atoms with E-state index in [9.17, 15) is 22.8 Å². The number of esters is 1. The molecule has 0 aliphatic heterocycles. The van der Waals surface area contributed by atoms with Crippen LogP contribution in [-0.4, -0.2) is 37.3 Å². The first-order chi connectivity index (χ1) is 10.6. The maximum atomic E-state index is 12.0. The number of hydrogen-bond acceptors (Lipinski definition) is 4. The van der Waals surface area contributed by atoms with Crippen LogP contribution in [0.25, 0.3) is 0 Å². The zero-order chi connectivity index (χ0) is 17.6. The maximum absolute atomic E-state index is 12.0. The molecule has 0 aliphatic carbocycles. The van der Waals surface area contributed by atoms with Crippen LogP contribution in [0.4, 0.5) is 13.2 Å². The number of amides is 1. The van der Waals surface area contributed by atoms with Gasteiger partial charge in [-0.3, -0.25) is 4.79 Å². The number of alkyl halides is 3. The highest BCUT2D eigenvalue weighted by molar-refractivity contribution is 5.83. The monoisotopic (exact) mass is 333 g/mol. The molecule has 1 aromatic rings. The SMILES string of the molecule is Cc1ccc(OCC(=O)O[C@H](C)C(=O)NCC(F)(F)F)cc1C. The van der Waals surface area contributed by atoms with Crippen LogP contribution in [0.5, 0.6) is 5.75 Å². The zero-order valence-corrected chi connectivity index (χ0v) is 13.0. The first-order valence-electron chi connectivity index (χ1n) is 6.82. The number of aryl methyl sites for hydroxylation is 2. The Bertz CT molecular complexity index is 572. The Morgan fingerprint density at radius 1 is 1.22 bits per heavy atom. The minimum Gasteiger partial charge on any atom is -0.482 e.